The standard InChI is InChI=1S/C18H17F4N3O4S/c19-15-7-2-1-6-14(15)17(27)24-9-8-23-16(26)11-25-30(28,29)13-5-3-4-12(10-13)18(20,21)22/h1-7,10,25H,8-9,11H2,(H,23,26)(H,24,27). The summed E-state index contributed by atoms with van der Waals surface area (Å²) in [6.45, 7) is -0.858. The fourth-order valence-electron chi connectivity index (χ4n) is 2.26. The first-order valence-corrected chi connectivity index (χ1v) is 9.95. The number of halogens is 4. The molecule has 0 radical (unpaired) electrons. The molecule has 7 nitrogen and oxygen atoms in total. The Labute approximate surface area is 169 Å². The number of carbonyl (C=O) groups excluding carboxylic acids is 2. The second kappa shape index (κ2) is 9.67. The van der Waals surface area contributed by atoms with Crippen molar-refractivity contribution in [1.29, 1.82) is 0 Å². The largest absolute Gasteiger partial charge is 0.416 e. The normalized spacial score (nSPS) is 11.7. The molecule has 0 aliphatic heterocycles. The highest BCUT2D eigenvalue weighted by Gasteiger charge is 2.31. The van der Waals surface area contributed by atoms with E-state index in [2.05, 4.69) is 10.6 Å². The minimum Gasteiger partial charge on any atom is -0.353 e. The number of nitrogens with one attached hydrogen (secondary N) is 3. The minimum atomic E-state index is -4.71. The molecule has 0 saturated carbocycles. The first-order chi connectivity index (χ1) is 14.0. The molecule has 0 saturated heterocycles. The van der Waals surface area contributed by atoms with E-state index >= 15 is 0 Å². The molecule has 0 unspecified atom stereocenters. The summed E-state index contributed by atoms with van der Waals surface area (Å²) in [5.41, 5.74) is -1.31. The number of alkyl halides is 3. The Kier molecular flexibility index (Phi) is 7.51. The second-order valence-corrected chi connectivity index (χ2v) is 7.70. The first kappa shape index (κ1) is 23.3. The van der Waals surface area contributed by atoms with E-state index in [-0.39, 0.29) is 18.7 Å². The van der Waals surface area contributed by atoms with Crippen LogP contribution in [0.25, 0.3) is 0 Å². The number of sulfonamides is 1. The van der Waals surface area contributed by atoms with Crippen molar-refractivity contribution >= 4 is 21.8 Å². The third-order valence-electron chi connectivity index (χ3n) is 3.75. The van der Waals surface area contributed by atoms with Crippen LogP contribution in [-0.4, -0.2) is 39.9 Å². The third-order valence-corrected chi connectivity index (χ3v) is 5.14. The Bertz CT molecular complexity index is 1030. The average molecular weight is 447 g/mol. The number of benzene rings is 2. The molecule has 0 atom stereocenters. The quantitative estimate of drug-likeness (QED) is 0.423. The van der Waals surface area contributed by atoms with Gasteiger partial charge in [-0.25, -0.2) is 17.5 Å². The Balaban J connectivity index is 1.80. The monoisotopic (exact) mass is 447 g/mol. The lowest BCUT2D eigenvalue weighted by atomic mass is 10.2. The summed E-state index contributed by atoms with van der Waals surface area (Å²) in [5.74, 6) is -2.17. The lowest BCUT2D eigenvalue weighted by Gasteiger charge is -2.11. The van der Waals surface area contributed by atoms with Crippen LogP contribution in [-0.2, 0) is 21.0 Å². The molecule has 2 aromatic carbocycles. The molecule has 2 aromatic rings. The van der Waals surface area contributed by atoms with Crippen LogP contribution in [0.2, 0.25) is 0 Å². The van der Waals surface area contributed by atoms with Gasteiger partial charge in [-0.15, -0.1) is 0 Å². The van der Waals surface area contributed by atoms with Crippen molar-refractivity contribution in [2.24, 2.45) is 0 Å². The van der Waals surface area contributed by atoms with Crippen LogP contribution in [0, 0.1) is 5.82 Å². The van der Waals surface area contributed by atoms with E-state index in [1.165, 1.54) is 18.2 Å². The van der Waals surface area contributed by atoms with E-state index in [1.54, 1.807) is 0 Å². The van der Waals surface area contributed by atoms with Gasteiger partial charge in [0.25, 0.3) is 5.91 Å². The van der Waals surface area contributed by atoms with Gasteiger partial charge in [0.2, 0.25) is 15.9 Å². The molecule has 0 aliphatic carbocycles. The van der Waals surface area contributed by atoms with Crippen molar-refractivity contribution in [3.63, 3.8) is 0 Å². The van der Waals surface area contributed by atoms with E-state index in [4.69, 9.17) is 0 Å². The predicted octanol–water partition coefficient (Wildman–Crippen LogP) is 1.67. The molecule has 0 fully saturated rings. The summed E-state index contributed by atoms with van der Waals surface area (Å²) in [6, 6.07) is 8.39. The van der Waals surface area contributed by atoms with Gasteiger partial charge in [0.15, 0.2) is 0 Å². The van der Waals surface area contributed by atoms with Crippen molar-refractivity contribution in [2.75, 3.05) is 19.6 Å². The molecule has 0 bridgehead atoms. The van der Waals surface area contributed by atoms with Crippen molar-refractivity contribution in [3.8, 4) is 0 Å². The Morgan fingerprint density at radius 1 is 0.933 bits per heavy atom. The van der Waals surface area contributed by atoms with Gasteiger partial charge in [-0.3, -0.25) is 9.59 Å². The van der Waals surface area contributed by atoms with Gasteiger partial charge in [0.1, 0.15) is 5.82 Å². The van der Waals surface area contributed by atoms with Crippen LogP contribution in [0.3, 0.4) is 0 Å². The highest BCUT2D eigenvalue weighted by Crippen LogP contribution is 2.30. The number of hydrogen-bond donors (Lipinski definition) is 3. The molecule has 2 rings (SSSR count). The lowest BCUT2D eigenvalue weighted by Crippen LogP contribution is -2.40. The highest BCUT2D eigenvalue weighted by molar-refractivity contribution is 7.89. The predicted molar refractivity (Wildman–Crippen MR) is 98.4 cm³/mol. The van der Waals surface area contributed by atoms with E-state index in [0.717, 1.165) is 24.3 Å². The number of amides is 2. The van der Waals surface area contributed by atoms with Gasteiger partial charge in [-0.1, -0.05) is 18.2 Å². The Hall–Kier alpha value is -2.99. The fraction of sp³-hybridized carbons (Fsp3) is 0.222. The smallest absolute Gasteiger partial charge is 0.353 e. The van der Waals surface area contributed by atoms with E-state index in [9.17, 15) is 35.6 Å². The maximum absolute atomic E-state index is 13.5. The van der Waals surface area contributed by atoms with Crippen LogP contribution < -0.4 is 15.4 Å². The van der Waals surface area contributed by atoms with Gasteiger partial charge >= 0.3 is 6.18 Å². The molecule has 0 aliphatic rings. The summed E-state index contributed by atoms with van der Waals surface area (Å²) >= 11 is 0. The Morgan fingerprint density at radius 3 is 2.27 bits per heavy atom. The van der Waals surface area contributed by atoms with Crippen molar-refractivity contribution < 1.29 is 35.6 Å². The number of rotatable bonds is 8. The molecular weight excluding hydrogens is 430 g/mol. The zero-order chi connectivity index (χ0) is 22.4. The van der Waals surface area contributed by atoms with Crippen LogP contribution in [0.4, 0.5) is 17.6 Å². The molecule has 30 heavy (non-hydrogen) atoms. The number of carbonyl (C=O) groups is 2. The Morgan fingerprint density at radius 2 is 1.60 bits per heavy atom. The zero-order valence-electron chi connectivity index (χ0n) is 15.3. The maximum atomic E-state index is 13.5. The molecule has 3 N–H and O–H groups in total. The number of hydrogen-bond acceptors (Lipinski definition) is 4. The molecule has 162 valence electrons. The van der Waals surface area contributed by atoms with E-state index < -0.39 is 50.8 Å². The minimum absolute atomic E-state index is 0.0563. The van der Waals surface area contributed by atoms with Crippen LogP contribution >= 0.6 is 0 Å². The zero-order valence-corrected chi connectivity index (χ0v) is 16.1. The van der Waals surface area contributed by atoms with Crippen LogP contribution in [0.5, 0.6) is 0 Å². The van der Waals surface area contributed by atoms with Gasteiger partial charge in [0.05, 0.1) is 22.6 Å². The second-order valence-electron chi connectivity index (χ2n) is 5.94. The molecule has 0 heterocycles. The van der Waals surface area contributed by atoms with Gasteiger partial charge in [-0.05, 0) is 30.3 Å². The van der Waals surface area contributed by atoms with Gasteiger partial charge in [-0.2, -0.15) is 13.2 Å². The molecule has 2 amide bonds. The first-order valence-electron chi connectivity index (χ1n) is 8.47. The van der Waals surface area contributed by atoms with E-state index in [1.807, 2.05) is 4.72 Å². The fourth-order valence-corrected chi connectivity index (χ4v) is 3.29. The topological polar surface area (TPSA) is 104 Å². The molecule has 12 heteroatoms. The summed E-state index contributed by atoms with van der Waals surface area (Å²) < 4.78 is 77.6. The van der Waals surface area contributed by atoms with Gasteiger partial charge in [0, 0.05) is 13.1 Å². The summed E-state index contributed by atoms with van der Waals surface area (Å²) in [4.78, 5) is 22.9. The van der Waals surface area contributed by atoms with E-state index in [0.29, 0.717) is 6.07 Å². The van der Waals surface area contributed by atoms with Crippen LogP contribution in [0.1, 0.15) is 15.9 Å². The summed E-state index contributed by atoms with van der Waals surface area (Å²) in [5, 5.41) is 4.68. The molecular formula is C18H17F4N3O4S. The SMILES string of the molecule is O=C(CNS(=O)(=O)c1cccc(C(F)(F)F)c1)NCCNC(=O)c1ccccc1F. The van der Waals surface area contributed by atoms with Crippen molar-refractivity contribution in [2.45, 2.75) is 11.1 Å². The molecule has 0 spiro atoms. The highest BCUT2D eigenvalue weighted by atomic mass is 32.2. The molecule has 0 aromatic heterocycles. The summed E-state index contributed by atoms with van der Waals surface area (Å²) in [6.07, 6.45) is -4.71. The van der Waals surface area contributed by atoms with Gasteiger partial charge < -0.3 is 10.6 Å². The average Bonchev–Trinajstić information content (AvgIpc) is 2.69. The van der Waals surface area contributed by atoms with Crippen LogP contribution in [0.15, 0.2) is 53.4 Å². The lowest BCUT2D eigenvalue weighted by molar-refractivity contribution is -0.137. The summed E-state index contributed by atoms with van der Waals surface area (Å²) in [7, 11) is -4.35. The van der Waals surface area contributed by atoms with Crippen molar-refractivity contribution in [3.05, 3.63) is 65.5 Å². The maximum Gasteiger partial charge on any atom is 0.416 e. The third kappa shape index (κ3) is 6.52. The van der Waals surface area contributed by atoms with Crippen molar-refractivity contribution in [1.82, 2.24) is 15.4 Å².